The number of phenolic OH excluding ortho intramolecular Hbond substituents is 1. The molecule has 0 saturated carbocycles. The van der Waals surface area contributed by atoms with Crippen molar-refractivity contribution in [3.05, 3.63) is 23.8 Å². The van der Waals surface area contributed by atoms with Crippen LogP contribution in [0, 0.1) is 0 Å². The molecule has 2 N–H and O–H groups in total. The van der Waals surface area contributed by atoms with E-state index in [1.807, 2.05) is 0 Å². The summed E-state index contributed by atoms with van der Waals surface area (Å²) < 4.78 is 4.99. The minimum Gasteiger partial charge on any atom is -0.504 e. The third-order valence-corrected chi connectivity index (χ3v) is 3.75. The van der Waals surface area contributed by atoms with Crippen molar-refractivity contribution in [3.8, 4) is 11.5 Å². The summed E-state index contributed by atoms with van der Waals surface area (Å²) in [5.41, 5.74) is 0.0718. The fraction of sp³-hybridized carbons (Fsp3) is 0.467. The van der Waals surface area contributed by atoms with Crippen molar-refractivity contribution in [2.45, 2.75) is 31.7 Å². The number of hydrogen-bond acceptors (Lipinski definition) is 4. The molecule has 0 aliphatic carbocycles. The van der Waals surface area contributed by atoms with Gasteiger partial charge in [-0.25, -0.2) is 4.79 Å². The van der Waals surface area contributed by atoms with E-state index in [-0.39, 0.29) is 17.1 Å². The highest BCUT2D eigenvalue weighted by molar-refractivity contribution is 5.99. The van der Waals surface area contributed by atoms with Crippen molar-refractivity contribution in [1.29, 1.82) is 0 Å². The van der Waals surface area contributed by atoms with E-state index >= 15 is 0 Å². The summed E-state index contributed by atoms with van der Waals surface area (Å²) in [6.45, 7) is 0.381. The maximum Gasteiger partial charge on any atom is 0.326 e. The molecule has 21 heavy (non-hydrogen) atoms. The molecule has 1 unspecified atom stereocenters. The molecule has 1 saturated heterocycles. The molecule has 0 bridgehead atoms. The number of likely N-dealkylation sites (tertiary alicyclic amines) is 1. The SMILES string of the molecule is COc1cccc(C(=O)N2CCCCCC2C(=O)O)c1O. The van der Waals surface area contributed by atoms with Gasteiger partial charge in [-0.05, 0) is 25.0 Å². The number of aliphatic carboxylic acids is 1. The van der Waals surface area contributed by atoms with E-state index in [0.29, 0.717) is 13.0 Å². The topological polar surface area (TPSA) is 87.1 Å². The molecule has 1 aliphatic rings. The number of carbonyl (C=O) groups is 2. The second kappa shape index (κ2) is 6.47. The van der Waals surface area contributed by atoms with Gasteiger partial charge in [-0.15, -0.1) is 0 Å². The number of nitrogens with zero attached hydrogens (tertiary/aromatic N) is 1. The van der Waals surface area contributed by atoms with Gasteiger partial charge in [0.2, 0.25) is 0 Å². The second-order valence-corrected chi connectivity index (χ2v) is 5.06. The van der Waals surface area contributed by atoms with Crippen molar-refractivity contribution in [2.75, 3.05) is 13.7 Å². The summed E-state index contributed by atoms with van der Waals surface area (Å²) in [6.07, 6.45) is 2.88. The van der Waals surface area contributed by atoms with Crippen LogP contribution in [0.15, 0.2) is 18.2 Å². The van der Waals surface area contributed by atoms with E-state index in [9.17, 15) is 19.8 Å². The molecule has 1 atom stereocenters. The van der Waals surface area contributed by atoms with Gasteiger partial charge >= 0.3 is 5.97 Å². The van der Waals surface area contributed by atoms with Gasteiger partial charge in [-0.1, -0.05) is 18.9 Å². The summed E-state index contributed by atoms with van der Waals surface area (Å²) in [5.74, 6) is -1.53. The number of carboxylic acid groups (broad SMARTS) is 1. The third-order valence-electron chi connectivity index (χ3n) is 3.75. The molecule has 1 fully saturated rings. The van der Waals surface area contributed by atoms with Crippen LogP contribution in [0.5, 0.6) is 11.5 Å². The van der Waals surface area contributed by atoms with Gasteiger partial charge in [-0.2, -0.15) is 0 Å². The molecule has 0 radical (unpaired) electrons. The van der Waals surface area contributed by atoms with Gasteiger partial charge in [-0.3, -0.25) is 4.79 Å². The Morgan fingerprint density at radius 2 is 2.05 bits per heavy atom. The van der Waals surface area contributed by atoms with E-state index in [2.05, 4.69) is 0 Å². The highest BCUT2D eigenvalue weighted by Crippen LogP contribution is 2.31. The maximum atomic E-state index is 12.6. The van der Waals surface area contributed by atoms with Crippen LogP contribution in [-0.4, -0.2) is 46.7 Å². The summed E-state index contributed by atoms with van der Waals surface area (Å²) in [4.78, 5) is 25.3. The average Bonchev–Trinajstić information content (AvgIpc) is 2.72. The van der Waals surface area contributed by atoms with Crippen molar-refractivity contribution >= 4 is 11.9 Å². The van der Waals surface area contributed by atoms with Crippen LogP contribution in [0.2, 0.25) is 0 Å². The summed E-state index contributed by atoms with van der Waals surface area (Å²) >= 11 is 0. The largest absolute Gasteiger partial charge is 0.504 e. The number of hydrogen-bond donors (Lipinski definition) is 2. The highest BCUT2D eigenvalue weighted by atomic mass is 16.5. The van der Waals surface area contributed by atoms with Gasteiger partial charge in [0.25, 0.3) is 5.91 Å². The first-order chi connectivity index (χ1) is 10.1. The molecule has 0 aromatic heterocycles. The minimum absolute atomic E-state index is 0.0718. The molecule has 2 rings (SSSR count). The van der Waals surface area contributed by atoms with Crippen LogP contribution in [-0.2, 0) is 4.79 Å². The summed E-state index contributed by atoms with van der Waals surface area (Å²) in [6, 6.07) is 3.78. The van der Waals surface area contributed by atoms with E-state index in [4.69, 9.17) is 4.74 Å². The molecule has 1 aromatic rings. The standard InChI is InChI=1S/C15H19NO5/c1-21-12-8-5-6-10(13(12)17)14(18)16-9-4-2-3-7-11(16)15(19)20/h5-6,8,11,17H,2-4,7,9H2,1H3,(H,19,20). The van der Waals surface area contributed by atoms with Gasteiger partial charge in [0.1, 0.15) is 6.04 Å². The predicted octanol–water partition coefficient (Wildman–Crippen LogP) is 1.87. The molecule has 1 aliphatic heterocycles. The Hall–Kier alpha value is -2.24. The molecule has 1 aromatic carbocycles. The quantitative estimate of drug-likeness (QED) is 0.888. The number of phenols is 1. The van der Waals surface area contributed by atoms with Gasteiger partial charge < -0.3 is 19.8 Å². The number of rotatable bonds is 3. The molecular weight excluding hydrogens is 274 g/mol. The first kappa shape index (κ1) is 15.2. The monoisotopic (exact) mass is 293 g/mol. The molecule has 114 valence electrons. The Morgan fingerprint density at radius 3 is 2.71 bits per heavy atom. The van der Waals surface area contributed by atoms with Crippen LogP contribution in [0.3, 0.4) is 0 Å². The van der Waals surface area contributed by atoms with Crippen LogP contribution >= 0.6 is 0 Å². The Labute approximate surface area is 122 Å². The number of carbonyl (C=O) groups excluding carboxylic acids is 1. The Bertz CT molecular complexity index is 543. The Kier molecular flexibility index (Phi) is 4.67. The average molecular weight is 293 g/mol. The lowest BCUT2D eigenvalue weighted by atomic mass is 10.1. The first-order valence-corrected chi connectivity index (χ1v) is 6.96. The van der Waals surface area contributed by atoms with Crippen molar-refractivity contribution < 1.29 is 24.5 Å². The Morgan fingerprint density at radius 1 is 1.29 bits per heavy atom. The fourth-order valence-corrected chi connectivity index (χ4v) is 2.62. The zero-order chi connectivity index (χ0) is 15.4. The molecule has 6 nitrogen and oxygen atoms in total. The van der Waals surface area contributed by atoms with Crippen LogP contribution in [0.25, 0.3) is 0 Å². The number of amides is 1. The lowest BCUT2D eigenvalue weighted by Crippen LogP contribution is -2.44. The summed E-state index contributed by atoms with van der Waals surface area (Å²) in [7, 11) is 1.40. The van der Waals surface area contributed by atoms with Crippen LogP contribution in [0.4, 0.5) is 0 Å². The minimum atomic E-state index is -1.01. The van der Waals surface area contributed by atoms with Gasteiger partial charge in [0, 0.05) is 6.54 Å². The Balaban J connectivity index is 2.34. The van der Waals surface area contributed by atoms with Crippen molar-refractivity contribution in [3.63, 3.8) is 0 Å². The zero-order valence-corrected chi connectivity index (χ0v) is 11.9. The van der Waals surface area contributed by atoms with E-state index in [1.165, 1.54) is 18.1 Å². The first-order valence-electron chi connectivity index (χ1n) is 6.96. The maximum absolute atomic E-state index is 12.6. The lowest BCUT2D eigenvalue weighted by Gasteiger charge is -2.27. The molecule has 6 heteroatoms. The van der Waals surface area contributed by atoms with Gasteiger partial charge in [0.15, 0.2) is 11.5 Å². The zero-order valence-electron chi connectivity index (χ0n) is 11.9. The molecule has 0 spiro atoms. The molecular formula is C15H19NO5. The van der Waals surface area contributed by atoms with Crippen molar-refractivity contribution in [2.24, 2.45) is 0 Å². The third kappa shape index (κ3) is 3.09. The predicted molar refractivity (Wildman–Crippen MR) is 75.6 cm³/mol. The number of benzene rings is 1. The number of carboxylic acids is 1. The van der Waals surface area contributed by atoms with E-state index in [0.717, 1.165) is 19.3 Å². The molecule has 1 heterocycles. The van der Waals surface area contributed by atoms with Crippen LogP contribution in [0.1, 0.15) is 36.0 Å². The van der Waals surface area contributed by atoms with Crippen molar-refractivity contribution in [1.82, 2.24) is 4.90 Å². The smallest absolute Gasteiger partial charge is 0.326 e. The lowest BCUT2D eigenvalue weighted by molar-refractivity contribution is -0.142. The van der Waals surface area contributed by atoms with Gasteiger partial charge in [0.05, 0.1) is 12.7 Å². The number of aromatic hydroxyl groups is 1. The van der Waals surface area contributed by atoms with E-state index < -0.39 is 17.9 Å². The fourth-order valence-electron chi connectivity index (χ4n) is 2.62. The second-order valence-electron chi connectivity index (χ2n) is 5.06. The number of ether oxygens (including phenoxy) is 1. The van der Waals surface area contributed by atoms with Crippen LogP contribution < -0.4 is 4.74 Å². The van der Waals surface area contributed by atoms with E-state index in [1.54, 1.807) is 12.1 Å². The normalized spacial score (nSPS) is 18.9. The number of para-hydroxylation sites is 1. The highest BCUT2D eigenvalue weighted by Gasteiger charge is 2.32. The number of methoxy groups -OCH3 is 1. The molecule has 1 amide bonds. The summed E-state index contributed by atoms with van der Waals surface area (Å²) in [5, 5.41) is 19.4.